The molecule has 5 rings (SSSR count). The highest BCUT2D eigenvalue weighted by molar-refractivity contribution is 5.68. The van der Waals surface area contributed by atoms with Gasteiger partial charge in [0.25, 0.3) is 0 Å². The molecule has 2 saturated heterocycles. The molecule has 2 aromatic carbocycles. The molecule has 0 bridgehead atoms. The highest BCUT2D eigenvalue weighted by Crippen LogP contribution is 2.36. The van der Waals surface area contributed by atoms with Crippen LogP contribution in [0, 0.1) is 0 Å². The summed E-state index contributed by atoms with van der Waals surface area (Å²) < 4.78 is 53.1. The van der Waals surface area contributed by atoms with E-state index in [4.69, 9.17) is 9.47 Å². The van der Waals surface area contributed by atoms with Gasteiger partial charge in [0.1, 0.15) is 11.6 Å². The summed E-state index contributed by atoms with van der Waals surface area (Å²) >= 11 is 0. The zero-order valence-corrected chi connectivity index (χ0v) is 28.2. The van der Waals surface area contributed by atoms with Crippen LogP contribution in [-0.2, 0) is 17.3 Å². The molecule has 1 N–H and O–H groups in total. The lowest BCUT2D eigenvalue weighted by Crippen LogP contribution is -2.50. The van der Waals surface area contributed by atoms with Crippen molar-refractivity contribution in [2.75, 3.05) is 70.8 Å². The van der Waals surface area contributed by atoms with E-state index in [0.717, 1.165) is 63.1 Å². The quantitative estimate of drug-likeness (QED) is 0.191. The number of pyridine rings is 1. The number of methoxy groups -OCH3 is 1. The van der Waals surface area contributed by atoms with Crippen LogP contribution >= 0.6 is 0 Å². The molecule has 1 unspecified atom stereocenters. The van der Waals surface area contributed by atoms with Crippen molar-refractivity contribution in [1.82, 2.24) is 14.8 Å². The number of rotatable bonds is 13. The summed E-state index contributed by atoms with van der Waals surface area (Å²) in [6.45, 7) is 7.04. The van der Waals surface area contributed by atoms with Crippen molar-refractivity contribution in [2.45, 2.75) is 69.6 Å². The minimum atomic E-state index is -4.50. The molecular formula is C37H50F3N5O2. The van der Waals surface area contributed by atoms with Crippen molar-refractivity contribution < 1.29 is 22.6 Å². The average molecular weight is 654 g/mol. The molecule has 3 aromatic rings. The predicted octanol–water partition coefficient (Wildman–Crippen LogP) is 7.60. The average Bonchev–Trinajstić information content (AvgIpc) is 3.08. The Morgan fingerprint density at radius 2 is 1.68 bits per heavy atom. The molecule has 2 aliphatic rings. The molecule has 10 heteroatoms. The molecule has 256 valence electrons. The zero-order valence-electron chi connectivity index (χ0n) is 28.2. The van der Waals surface area contributed by atoms with Crippen LogP contribution in [0.2, 0.25) is 0 Å². The van der Waals surface area contributed by atoms with Gasteiger partial charge in [-0.05, 0) is 101 Å². The van der Waals surface area contributed by atoms with E-state index < -0.39 is 11.7 Å². The van der Waals surface area contributed by atoms with Gasteiger partial charge in [0.2, 0.25) is 0 Å². The fourth-order valence-electron chi connectivity index (χ4n) is 6.92. The second-order valence-corrected chi connectivity index (χ2v) is 13.1. The molecule has 3 heterocycles. The molecule has 0 aliphatic carbocycles. The number of likely N-dealkylation sites (tertiary alicyclic amines) is 1. The third kappa shape index (κ3) is 9.39. The summed E-state index contributed by atoms with van der Waals surface area (Å²) in [5, 5.41) is 3.20. The fourth-order valence-corrected chi connectivity index (χ4v) is 6.92. The molecule has 0 spiro atoms. The summed E-state index contributed by atoms with van der Waals surface area (Å²) in [5.74, 6) is 1.38. The number of halogens is 3. The highest BCUT2D eigenvalue weighted by atomic mass is 19.4. The van der Waals surface area contributed by atoms with Crippen molar-refractivity contribution in [3.63, 3.8) is 0 Å². The summed E-state index contributed by atoms with van der Waals surface area (Å²) in [7, 11) is 6.01. The monoisotopic (exact) mass is 653 g/mol. The topological polar surface area (TPSA) is 53.1 Å². The van der Waals surface area contributed by atoms with Crippen LogP contribution in [0.25, 0.3) is 0 Å². The predicted molar refractivity (Wildman–Crippen MR) is 183 cm³/mol. The Labute approximate surface area is 278 Å². The number of ether oxygens (including phenoxy) is 2. The normalized spacial score (nSPS) is 17.7. The van der Waals surface area contributed by atoms with Gasteiger partial charge in [0.05, 0.1) is 25.0 Å². The number of aromatic nitrogens is 1. The SMILES string of the molecule is COc1cc(Nc2cc(CCOCCC(C)c3ccccc3)c(C(F)(F)F)cn2)ccc1N1CCC(N2CCC(N(C)C)CC2)CC1. The van der Waals surface area contributed by atoms with Gasteiger partial charge >= 0.3 is 6.18 Å². The van der Waals surface area contributed by atoms with E-state index in [1.165, 1.54) is 24.5 Å². The first-order valence-electron chi connectivity index (χ1n) is 16.9. The lowest BCUT2D eigenvalue weighted by atomic mass is 9.97. The Balaban J connectivity index is 1.17. The molecular weight excluding hydrogens is 603 g/mol. The van der Waals surface area contributed by atoms with E-state index in [1.807, 2.05) is 36.4 Å². The molecule has 1 atom stereocenters. The molecule has 2 fully saturated rings. The summed E-state index contributed by atoms with van der Waals surface area (Å²) in [6, 6.07) is 18.8. The number of hydrogen-bond acceptors (Lipinski definition) is 7. The molecule has 0 radical (unpaired) electrons. The van der Waals surface area contributed by atoms with Gasteiger partial charge in [0, 0.05) is 49.7 Å². The first-order chi connectivity index (χ1) is 22.6. The number of piperidine rings is 2. The number of benzene rings is 2. The second kappa shape index (κ2) is 16.2. The van der Waals surface area contributed by atoms with Gasteiger partial charge in [-0.1, -0.05) is 37.3 Å². The Morgan fingerprint density at radius 1 is 0.957 bits per heavy atom. The van der Waals surface area contributed by atoms with Crippen LogP contribution in [0.15, 0.2) is 60.8 Å². The van der Waals surface area contributed by atoms with E-state index in [0.29, 0.717) is 36.1 Å². The Bertz CT molecular complexity index is 1400. The molecule has 2 aliphatic heterocycles. The maximum absolute atomic E-state index is 13.8. The van der Waals surface area contributed by atoms with Gasteiger partial charge in [-0.2, -0.15) is 13.2 Å². The Kier molecular flexibility index (Phi) is 12.0. The summed E-state index contributed by atoms with van der Waals surface area (Å²) in [6.07, 6.45) is 2.04. The third-order valence-electron chi connectivity index (χ3n) is 9.88. The fraction of sp³-hybridized carbons (Fsp3) is 0.541. The first kappa shape index (κ1) is 35.0. The Hall–Kier alpha value is -3.34. The van der Waals surface area contributed by atoms with E-state index in [1.54, 1.807) is 7.11 Å². The maximum atomic E-state index is 13.8. The lowest BCUT2D eigenvalue weighted by molar-refractivity contribution is -0.138. The van der Waals surface area contributed by atoms with Crippen LogP contribution in [0.4, 0.5) is 30.4 Å². The van der Waals surface area contributed by atoms with Crippen molar-refractivity contribution >= 4 is 17.2 Å². The number of anilines is 3. The van der Waals surface area contributed by atoms with Gasteiger partial charge in [-0.25, -0.2) is 4.98 Å². The van der Waals surface area contributed by atoms with Gasteiger partial charge in [0.15, 0.2) is 0 Å². The zero-order chi connectivity index (χ0) is 33.4. The molecule has 0 saturated carbocycles. The Morgan fingerprint density at radius 3 is 2.34 bits per heavy atom. The molecule has 1 aromatic heterocycles. The van der Waals surface area contributed by atoms with Crippen LogP contribution in [0.3, 0.4) is 0 Å². The van der Waals surface area contributed by atoms with Gasteiger partial charge < -0.3 is 29.5 Å². The van der Waals surface area contributed by atoms with Crippen LogP contribution in [-0.4, -0.2) is 87.5 Å². The number of nitrogens with zero attached hydrogens (tertiary/aromatic N) is 4. The second-order valence-electron chi connectivity index (χ2n) is 13.1. The third-order valence-corrected chi connectivity index (χ3v) is 9.88. The van der Waals surface area contributed by atoms with E-state index in [2.05, 4.69) is 58.2 Å². The van der Waals surface area contributed by atoms with Gasteiger partial charge in [-0.15, -0.1) is 0 Å². The maximum Gasteiger partial charge on any atom is 0.418 e. The van der Waals surface area contributed by atoms with Crippen molar-refractivity contribution in [2.24, 2.45) is 0 Å². The summed E-state index contributed by atoms with van der Waals surface area (Å²) in [5.41, 5.74) is 2.38. The largest absolute Gasteiger partial charge is 0.495 e. The van der Waals surface area contributed by atoms with Crippen molar-refractivity contribution in [3.05, 3.63) is 77.5 Å². The lowest BCUT2D eigenvalue weighted by Gasteiger charge is -2.43. The summed E-state index contributed by atoms with van der Waals surface area (Å²) in [4.78, 5) is 11.5. The van der Waals surface area contributed by atoms with Crippen molar-refractivity contribution in [1.29, 1.82) is 0 Å². The van der Waals surface area contributed by atoms with Gasteiger partial charge in [-0.3, -0.25) is 0 Å². The standard InChI is InChI=1S/C37H50F3N5O2/c1-27(28-8-6-5-7-9-28)16-22-47-23-17-29-24-36(41-26-33(29)37(38,39)40)42-30-10-11-34(35(25-30)46-4)45-20-14-32(15-21-45)44-18-12-31(13-19-44)43(2)3/h5-11,24-27,31-32H,12-23H2,1-4H3,(H,41,42). The number of alkyl halides is 3. The first-order valence-corrected chi connectivity index (χ1v) is 16.9. The number of hydrogen-bond donors (Lipinski definition) is 1. The van der Waals surface area contributed by atoms with Crippen LogP contribution < -0.4 is 15.0 Å². The van der Waals surface area contributed by atoms with Crippen molar-refractivity contribution in [3.8, 4) is 5.75 Å². The minimum Gasteiger partial charge on any atom is -0.495 e. The molecule has 47 heavy (non-hydrogen) atoms. The molecule has 7 nitrogen and oxygen atoms in total. The van der Waals surface area contributed by atoms with E-state index in [-0.39, 0.29) is 18.6 Å². The minimum absolute atomic E-state index is 0.137. The van der Waals surface area contributed by atoms with Crippen LogP contribution in [0.5, 0.6) is 5.75 Å². The number of nitrogens with one attached hydrogen (secondary N) is 1. The molecule has 0 amide bonds. The van der Waals surface area contributed by atoms with E-state index in [9.17, 15) is 13.2 Å². The van der Waals surface area contributed by atoms with Crippen LogP contribution in [0.1, 0.15) is 61.6 Å². The van der Waals surface area contributed by atoms with E-state index >= 15 is 0 Å². The highest BCUT2D eigenvalue weighted by Gasteiger charge is 2.34. The smallest absolute Gasteiger partial charge is 0.418 e.